The summed E-state index contributed by atoms with van der Waals surface area (Å²) in [6.07, 6.45) is 2.21. The molecule has 0 fully saturated rings. The van der Waals surface area contributed by atoms with Gasteiger partial charge in [0, 0.05) is 13.6 Å². The van der Waals surface area contributed by atoms with Gasteiger partial charge in [0.05, 0.1) is 6.20 Å². The zero-order chi connectivity index (χ0) is 13.7. The summed E-state index contributed by atoms with van der Waals surface area (Å²) in [4.78, 5) is 12.9. The summed E-state index contributed by atoms with van der Waals surface area (Å²) >= 11 is 0. The van der Waals surface area contributed by atoms with Crippen molar-refractivity contribution in [3.8, 4) is 0 Å². The largest absolute Gasteiger partial charge is 0.478 e. The quantitative estimate of drug-likeness (QED) is 0.885. The molecule has 0 aliphatic heterocycles. The number of nitrogens with zero attached hydrogens (tertiary/aromatic N) is 3. The number of carbonyl (C=O) groups is 1. The Labute approximate surface area is 111 Å². The van der Waals surface area contributed by atoms with Crippen LogP contribution in [0.5, 0.6) is 0 Å². The van der Waals surface area contributed by atoms with Crippen LogP contribution in [-0.2, 0) is 6.42 Å². The fraction of sp³-hybridized carbons (Fsp3) is 0.214. The topological polar surface area (TPSA) is 66.3 Å². The van der Waals surface area contributed by atoms with Crippen LogP contribution in [-0.4, -0.2) is 34.9 Å². The van der Waals surface area contributed by atoms with E-state index in [-0.39, 0.29) is 5.56 Å². The van der Waals surface area contributed by atoms with Gasteiger partial charge in [-0.25, -0.2) is 4.79 Å². The fourth-order valence-electron chi connectivity index (χ4n) is 1.82. The van der Waals surface area contributed by atoms with Crippen LogP contribution in [0.1, 0.15) is 15.9 Å². The molecule has 0 unspecified atom stereocenters. The maximum atomic E-state index is 11.1. The number of aromatic carboxylic acids is 1. The Morgan fingerprint density at radius 3 is 2.68 bits per heavy atom. The zero-order valence-electron chi connectivity index (χ0n) is 10.7. The van der Waals surface area contributed by atoms with E-state index in [1.54, 1.807) is 0 Å². The van der Waals surface area contributed by atoms with Gasteiger partial charge >= 0.3 is 5.97 Å². The number of carboxylic acids is 1. The third-order valence-corrected chi connectivity index (χ3v) is 2.87. The van der Waals surface area contributed by atoms with Crippen molar-refractivity contribution in [1.29, 1.82) is 0 Å². The van der Waals surface area contributed by atoms with Gasteiger partial charge in [0.1, 0.15) is 5.56 Å². The highest BCUT2D eigenvalue weighted by Crippen LogP contribution is 2.15. The number of aromatic nitrogens is 2. The van der Waals surface area contributed by atoms with Crippen molar-refractivity contribution in [2.75, 3.05) is 18.5 Å². The average molecular weight is 257 g/mol. The summed E-state index contributed by atoms with van der Waals surface area (Å²) in [5.41, 5.74) is 1.38. The maximum absolute atomic E-state index is 11.1. The van der Waals surface area contributed by atoms with Crippen molar-refractivity contribution < 1.29 is 9.90 Å². The summed E-state index contributed by atoms with van der Waals surface area (Å²) in [6, 6.07) is 11.5. The highest BCUT2D eigenvalue weighted by molar-refractivity contribution is 5.93. The van der Waals surface area contributed by atoms with E-state index in [9.17, 15) is 4.79 Å². The van der Waals surface area contributed by atoms with E-state index in [0.29, 0.717) is 12.4 Å². The first-order chi connectivity index (χ1) is 9.18. The predicted octanol–water partition coefficient (Wildman–Crippen LogP) is 1.85. The number of rotatable bonds is 5. The molecular weight excluding hydrogens is 242 g/mol. The Morgan fingerprint density at radius 2 is 2.00 bits per heavy atom. The second-order valence-corrected chi connectivity index (χ2v) is 4.23. The molecule has 0 radical (unpaired) electrons. The fourth-order valence-corrected chi connectivity index (χ4v) is 1.82. The van der Waals surface area contributed by atoms with Gasteiger partial charge < -0.3 is 10.0 Å². The molecule has 5 nitrogen and oxygen atoms in total. The summed E-state index contributed by atoms with van der Waals surface area (Å²) in [7, 11) is 1.82. The number of likely N-dealkylation sites (N-methyl/N-ethyl adjacent to an activating group) is 1. The van der Waals surface area contributed by atoms with Crippen molar-refractivity contribution in [2.24, 2.45) is 0 Å². The van der Waals surface area contributed by atoms with Crippen LogP contribution < -0.4 is 4.90 Å². The first-order valence-corrected chi connectivity index (χ1v) is 5.98. The molecule has 19 heavy (non-hydrogen) atoms. The highest BCUT2D eigenvalue weighted by atomic mass is 16.4. The molecule has 0 spiro atoms. The molecule has 98 valence electrons. The lowest BCUT2D eigenvalue weighted by Gasteiger charge is -2.18. The molecule has 1 N–H and O–H groups in total. The van der Waals surface area contributed by atoms with Crippen LogP contribution >= 0.6 is 0 Å². The molecule has 0 aliphatic carbocycles. The molecule has 0 saturated carbocycles. The highest BCUT2D eigenvalue weighted by Gasteiger charge is 2.14. The molecule has 5 heteroatoms. The average Bonchev–Trinajstić information content (AvgIpc) is 2.46. The third-order valence-electron chi connectivity index (χ3n) is 2.87. The molecule has 2 rings (SSSR count). The second kappa shape index (κ2) is 5.95. The first-order valence-electron chi connectivity index (χ1n) is 5.98. The zero-order valence-corrected chi connectivity index (χ0v) is 10.7. The second-order valence-electron chi connectivity index (χ2n) is 4.23. The van der Waals surface area contributed by atoms with Crippen LogP contribution in [0.25, 0.3) is 0 Å². The molecule has 0 saturated heterocycles. The Bertz CT molecular complexity index is 558. The first kappa shape index (κ1) is 13.0. The Balaban J connectivity index is 2.08. The van der Waals surface area contributed by atoms with Gasteiger partial charge in [-0.1, -0.05) is 30.3 Å². The number of anilines is 1. The lowest BCUT2D eigenvalue weighted by molar-refractivity contribution is 0.0697. The van der Waals surface area contributed by atoms with Crippen LogP contribution in [0.4, 0.5) is 5.82 Å². The number of hydrogen-bond acceptors (Lipinski definition) is 4. The Morgan fingerprint density at radius 1 is 1.26 bits per heavy atom. The smallest absolute Gasteiger partial charge is 0.339 e. The number of hydrogen-bond donors (Lipinski definition) is 1. The lowest BCUT2D eigenvalue weighted by Crippen LogP contribution is -2.24. The molecule has 0 amide bonds. The van der Waals surface area contributed by atoms with Crippen molar-refractivity contribution >= 4 is 11.8 Å². The number of benzene rings is 1. The maximum Gasteiger partial charge on any atom is 0.339 e. The third kappa shape index (κ3) is 3.28. The van der Waals surface area contributed by atoms with Crippen LogP contribution in [0, 0.1) is 0 Å². The van der Waals surface area contributed by atoms with E-state index in [1.807, 2.05) is 42.3 Å². The lowest BCUT2D eigenvalue weighted by atomic mass is 10.1. The minimum absolute atomic E-state index is 0.172. The van der Waals surface area contributed by atoms with Gasteiger partial charge in [0.15, 0.2) is 5.82 Å². The van der Waals surface area contributed by atoms with Crippen molar-refractivity contribution in [1.82, 2.24) is 10.2 Å². The monoisotopic (exact) mass is 257 g/mol. The summed E-state index contributed by atoms with van der Waals surface area (Å²) < 4.78 is 0. The van der Waals surface area contributed by atoms with E-state index in [2.05, 4.69) is 10.2 Å². The van der Waals surface area contributed by atoms with Crippen LogP contribution in [0.15, 0.2) is 42.6 Å². The van der Waals surface area contributed by atoms with E-state index >= 15 is 0 Å². The van der Waals surface area contributed by atoms with Crippen molar-refractivity contribution in [3.63, 3.8) is 0 Å². The summed E-state index contributed by atoms with van der Waals surface area (Å²) in [5.74, 6) is -0.595. The van der Waals surface area contributed by atoms with Gasteiger partial charge in [0.2, 0.25) is 0 Å². The Hall–Kier alpha value is -2.43. The summed E-state index contributed by atoms with van der Waals surface area (Å²) in [5, 5.41) is 16.8. The van der Waals surface area contributed by atoms with Crippen molar-refractivity contribution in [2.45, 2.75) is 6.42 Å². The van der Waals surface area contributed by atoms with Crippen LogP contribution in [0.3, 0.4) is 0 Å². The van der Waals surface area contributed by atoms with Crippen LogP contribution in [0.2, 0.25) is 0 Å². The van der Waals surface area contributed by atoms with Gasteiger partial charge in [-0.2, -0.15) is 5.10 Å². The molecule has 0 aliphatic rings. The molecule has 1 heterocycles. The molecule has 0 atom stereocenters. The SMILES string of the molecule is CN(CCc1ccccc1)c1nnccc1C(=O)O. The van der Waals surface area contributed by atoms with E-state index in [1.165, 1.54) is 17.8 Å². The van der Waals surface area contributed by atoms with E-state index in [4.69, 9.17) is 5.11 Å². The van der Waals surface area contributed by atoms with Gasteiger partial charge in [-0.05, 0) is 18.1 Å². The van der Waals surface area contributed by atoms with Gasteiger partial charge in [0.25, 0.3) is 0 Å². The minimum atomic E-state index is -0.989. The number of carboxylic acid groups (broad SMARTS) is 1. The Kier molecular flexibility index (Phi) is 4.07. The van der Waals surface area contributed by atoms with Gasteiger partial charge in [-0.3, -0.25) is 0 Å². The van der Waals surface area contributed by atoms with Gasteiger partial charge in [-0.15, -0.1) is 5.10 Å². The molecule has 1 aromatic carbocycles. The summed E-state index contributed by atoms with van der Waals surface area (Å²) in [6.45, 7) is 0.684. The van der Waals surface area contributed by atoms with Crippen molar-refractivity contribution in [3.05, 3.63) is 53.7 Å². The molecule has 1 aromatic heterocycles. The molecule has 2 aromatic rings. The standard InChI is InChI=1S/C14H15N3O2/c1-17(10-8-11-5-3-2-4-6-11)13-12(14(18)19)7-9-15-16-13/h2-7,9H,8,10H2,1H3,(H,18,19). The molecular formula is C14H15N3O2. The van der Waals surface area contributed by atoms with E-state index in [0.717, 1.165) is 6.42 Å². The van der Waals surface area contributed by atoms with E-state index < -0.39 is 5.97 Å². The minimum Gasteiger partial charge on any atom is -0.478 e. The normalized spacial score (nSPS) is 10.2. The molecule has 0 bridgehead atoms. The predicted molar refractivity (Wildman–Crippen MR) is 72.4 cm³/mol.